The molecule has 1 saturated heterocycles. The predicted octanol–water partition coefficient (Wildman–Crippen LogP) is 3.65. The number of nitrogens with zero attached hydrogens (tertiary/aromatic N) is 1. The third kappa shape index (κ3) is 4.17. The zero-order valence-corrected chi connectivity index (χ0v) is 18.2. The van der Waals surface area contributed by atoms with Gasteiger partial charge in [-0.2, -0.15) is 4.31 Å². The van der Waals surface area contributed by atoms with Crippen molar-refractivity contribution in [3.8, 4) is 0 Å². The van der Waals surface area contributed by atoms with Crippen LogP contribution in [0.3, 0.4) is 0 Å². The molecule has 6 nitrogen and oxygen atoms in total. The van der Waals surface area contributed by atoms with Gasteiger partial charge in [-0.3, -0.25) is 4.79 Å². The van der Waals surface area contributed by atoms with Gasteiger partial charge in [-0.25, -0.2) is 12.8 Å². The number of sulfonamides is 1. The van der Waals surface area contributed by atoms with Crippen molar-refractivity contribution in [3.63, 3.8) is 0 Å². The third-order valence-corrected chi connectivity index (χ3v) is 7.32. The number of carbonyl (C=O) groups is 1. The summed E-state index contributed by atoms with van der Waals surface area (Å²) in [5.41, 5.74) is 1.22. The van der Waals surface area contributed by atoms with Crippen molar-refractivity contribution >= 4 is 49.5 Å². The van der Waals surface area contributed by atoms with Crippen LogP contribution in [0.2, 0.25) is 0 Å². The van der Waals surface area contributed by atoms with Crippen LogP contribution < -0.4 is 5.32 Å². The van der Waals surface area contributed by atoms with Crippen molar-refractivity contribution in [2.45, 2.75) is 30.5 Å². The Morgan fingerprint density at radius 2 is 2.07 bits per heavy atom. The minimum absolute atomic E-state index is 0.231. The summed E-state index contributed by atoms with van der Waals surface area (Å²) in [4.78, 5) is 12.7. The Labute approximate surface area is 181 Å². The van der Waals surface area contributed by atoms with E-state index < -0.39 is 21.9 Å². The Balaban J connectivity index is 1.53. The van der Waals surface area contributed by atoms with E-state index in [0.29, 0.717) is 24.8 Å². The number of benzene rings is 2. The lowest BCUT2D eigenvalue weighted by molar-refractivity contribution is -0.124. The zero-order chi connectivity index (χ0) is 20.6. The summed E-state index contributed by atoms with van der Waals surface area (Å²) in [5, 5.41) is 2.91. The van der Waals surface area contributed by atoms with Gasteiger partial charge in [0, 0.05) is 28.1 Å². The number of fused-ring (bicyclic) bond motifs is 1. The summed E-state index contributed by atoms with van der Waals surface area (Å²) < 4.78 is 47.2. The molecule has 0 aliphatic carbocycles. The van der Waals surface area contributed by atoms with E-state index in [1.54, 1.807) is 0 Å². The van der Waals surface area contributed by atoms with Gasteiger partial charge in [0.2, 0.25) is 11.0 Å². The molecule has 1 aliphatic heterocycles. The molecule has 0 saturated carbocycles. The Bertz CT molecular complexity index is 1180. The van der Waals surface area contributed by atoms with Crippen LogP contribution in [0.1, 0.15) is 18.4 Å². The Morgan fingerprint density at radius 1 is 1.24 bits per heavy atom. The monoisotopic (exact) mass is 528 g/mol. The first-order valence-electron chi connectivity index (χ1n) is 9.08. The second-order valence-corrected chi connectivity index (χ2v) is 9.94. The molecule has 4 rings (SSSR count). The number of amides is 1. The topological polar surface area (TPSA) is 79.6 Å². The van der Waals surface area contributed by atoms with E-state index in [0.717, 1.165) is 9.13 Å². The average molecular weight is 528 g/mol. The first-order chi connectivity index (χ1) is 13.8. The minimum Gasteiger partial charge on any atom is -0.443 e. The molecule has 152 valence electrons. The molecule has 1 amide bonds. The molecule has 0 unspecified atom stereocenters. The Kier molecular flexibility index (Phi) is 5.63. The molecular formula is C20H18FIN2O4S. The molecule has 2 aromatic carbocycles. The fraction of sp³-hybridized carbons (Fsp3) is 0.250. The van der Waals surface area contributed by atoms with Gasteiger partial charge >= 0.3 is 0 Å². The lowest BCUT2D eigenvalue weighted by Gasteiger charge is -2.22. The molecule has 1 fully saturated rings. The zero-order valence-electron chi connectivity index (χ0n) is 15.3. The van der Waals surface area contributed by atoms with Crippen molar-refractivity contribution in [2.24, 2.45) is 0 Å². The van der Waals surface area contributed by atoms with E-state index in [1.807, 2.05) is 24.3 Å². The van der Waals surface area contributed by atoms with Crippen LogP contribution in [-0.4, -0.2) is 31.2 Å². The Morgan fingerprint density at radius 3 is 2.86 bits per heavy atom. The summed E-state index contributed by atoms with van der Waals surface area (Å²) in [6, 6.07) is 12.0. The largest absolute Gasteiger partial charge is 0.443 e. The van der Waals surface area contributed by atoms with E-state index in [1.165, 1.54) is 28.6 Å². The second-order valence-electron chi connectivity index (χ2n) is 6.87. The summed E-state index contributed by atoms with van der Waals surface area (Å²) in [7, 11) is -4.02. The molecule has 0 bridgehead atoms. The number of halogens is 2. The van der Waals surface area contributed by atoms with Gasteiger partial charge in [0.15, 0.2) is 0 Å². The fourth-order valence-corrected chi connectivity index (χ4v) is 5.69. The number of nitrogens with one attached hydrogen (secondary N) is 1. The van der Waals surface area contributed by atoms with Crippen molar-refractivity contribution in [1.29, 1.82) is 0 Å². The van der Waals surface area contributed by atoms with Crippen molar-refractivity contribution in [1.82, 2.24) is 9.62 Å². The number of carbonyl (C=O) groups excluding carboxylic acids is 1. The van der Waals surface area contributed by atoms with Crippen molar-refractivity contribution in [3.05, 3.63) is 63.5 Å². The molecule has 3 aromatic rings. The van der Waals surface area contributed by atoms with Crippen LogP contribution in [0, 0.1) is 9.39 Å². The van der Waals surface area contributed by atoms with Crippen LogP contribution >= 0.6 is 22.6 Å². The maximum absolute atomic E-state index is 13.4. The molecule has 1 aliphatic rings. The molecule has 2 heterocycles. The second kappa shape index (κ2) is 8.04. The van der Waals surface area contributed by atoms with Gasteiger partial charge in [0.25, 0.3) is 10.0 Å². The first kappa shape index (κ1) is 20.3. The highest BCUT2D eigenvalue weighted by Gasteiger charge is 2.41. The normalized spacial score (nSPS) is 17.7. The number of hydrogen-bond donors (Lipinski definition) is 1. The van der Waals surface area contributed by atoms with E-state index in [-0.39, 0.29) is 23.1 Å². The lowest BCUT2D eigenvalue weighted by atomic mass is 10.2. The third-order valence-electron chi connectivity index (χ3n) is 4.88. The van der Waals surface area contributed by atoms with E-state index in [9.17, 15) is 17.6 Å². The average Bonchev–Trinajstić information content (AvgIpc) is 3.33. The van der Waals surface area contributed by atoms with E-state index in [2.05, 4.69) is 27.9 Å². The van der Waals surface area contributed by atoms with Gasteiger partial charge in [0.1, 0.15) is 17.4 Å². The first-order valence-corrected chi connectivity index (χ1v) is 11.6. The van der Waals surface area contributed by atoms with Crippen LogP contribution in [0.5, 0.6) is 0 Å². The summed E-state index contributed by atoms with van der Waals surface area (Å²) in [5.74, 6) is -0.816. The molecular weight excluding hydrogens is 510 g/mol. The van der Waals surface area contributed by atoms with Crippen LogP contribution in [0.25, 0.3) is 11.0 Å². The smallest absolute Gasteiger partial charge is 0.277 e. The van der Waals surface area contributed by atoms with Gasteiger partial charge in [0.05, 0.1) is 0 Å². The van der Waals surface area contributed by atoms with Gasteiger partial charge in [-0.15, -0.1) is 0 Å². The van der Waals surface area contributed by atoms with Gasteiger partial charge < -0.3 is 9.73 Å². The van der Waals surface area contributed by atoms with E-state index in [4.69, 9.17) is 4.42 Å². The maximum Gasteiger partial charge on any atom is 0.277 e. The van der Waals surface area contributed by atoms with Crippen LogP contribution in [0.4, 0.5) is 4.39 Å². The van der Waals surface area contributed by atoms with E-state index >= 15 is 0 Å². The molecule has 29 heavy (non-hydrogen) atoms. The number of rotatable bonds is 5. The minimum atomic E-state index is -4.02. The van der Waals surface area contributed by atoms with Crippen LogP contribution in [-0.2, 0) is 21.4 Å². The highest BCUT2D eigenvalue weighted by molar-refractivity contribution is 14.1. The molecule has 1 N–H and O–H groups in total. The fourth-order valence-electron chi connectivity index (χ4n) is 3.48. The van der Waals surface area contributed by atoms with Crippen molar-refractivity contribution in [2.75, 3.05) is 6.54 Å². The highest BCUT2D eigenvalue weighted by Crippen LogP contribution is 2.30. The van der Waals surface area contributed by atoms with Crippen molar-refractivity contribution < 1.29 is 22.0 Å². The highest BCUT2D eigenvalue weighted by atomic mass is 127. The summed E-state index contributed by atoms with van der Waals surface area (Å²) >= 11 is 2.19. The SMILES string of the molecule is O=C(NCc1cccc(I)c1)[C@@H]1CCCN1S(=O)(=O)c1cc2cc(F)ccc2o1. The molecule has 0 spiro atoms. The standard InChI is InChI=1S/C20H18FIN2O4S/c21-15-6-7-18-14(10-15)11-19(28-18)29(26,27)24-8-2-5-17(24)20(25)23-12-13-3-1-4-16(22)9-13/h1,3-4,6-7,9-11,17H,2,5,8,12H2,(H,23,25)/t17-/m0/s1. The molecule has 1 aromatic heterocycles. The number of furan rings is 1. The summed E-state index contributed by atoms with van der Waals surface area (Å²) in [6.45, 7) is 0.555. The molecule has 0 radical (unpaired) electrons. The number of hydrogen-bond acceptors (Lipinski definition) is 4. The molecule has 1 atom stereocenters. The van der Waals surface area contributed by atoms with Crippen LogP contribution in [0.15, 0.2) is 58.0 Å². The predicted molar refractivity (Wildman–Crippen MR) is 114 cm³/mol. The summed E-state index contributed by atoms with van der Waals surface area (Å²) in [6.07, 6.45) is 1.02. The quantitative estimate of drug-likeness (QED) is 0.513. The van der Waals surface area contributed by atoms with Gasteiger partial charge in [-0.05, 0) is 71.3 Å². The lowest BCUT2D eigenvalue weighted by Crippen LogP contribution is -2.45. The van der Waals surface area contributed by atoms with Gasteiger partial charge in [-0.1, -0.05) is 12.1 Å². The molecule has 9 heteroatoms. The maximum atomic E-state index is 13.4. The Hall–Kier alpha value is -1.98.